The van der Waals surface area contributed by atoms with Crippen LogP contribution in [0.15, 0.2) is 22.7 Å². The molecular formula is C14H20BrNO2. The number of hydrogen-bond donors (Lipinski definition) is 2. The maximum Gasteiger partial charge on any atom is 0.0772 e. The third-order valence-electron chi connectivity index (χ3n) is 3.66. The van der Waals surface area contributed by atoms with Crippen LogP contribution in [0, 0.1) is 5.92 Å². The smallest absolute Gasteiger partial charge is 0.0772 e. The number of aliphatic hydroxyl groups excluding tert-OH is 2. The molecular weight excluding hydrogens is 294 g/mol. The van der Waals surface area contributed by atoms with Crippen molar-refractivity contribution in [3.05, 3.63) is 28.2 Å². The van der Waals surface area contributed by atoms with Gasteiger partial charge in [0.2, 0.25) is 0 Å². The van der Waals surface area contributed by atoms with Crippen LogP contribution in [-0.2, 0) is 0 Å². The van der Waals surface area contributed by atoms with Crippen LogP contribution in [0.3, 0.4) is 0 Å². The van der Waals surface area contributed by atoms with Crippen molar-refractivity contribution in [2.75, 3.05) is 18.0 Å². The highest BCUT2D eigenvalue weighted by Crippen LogP contribution is 2.30. The predicted molar refractivity (Wildman–Crippen MR) is 76.8 cm³/mol. The SMILES string of the molecule is CC(O)c1ccc(N2CCC(O)C(C)C2)cc1Br. The second-order valence-corrected chi connectivity index (χ2v) is 6.02. The van der Waals surface area contributed by atoms with Crippen LogP contribution in [0.25, 0.3) is 0 Å². The molecule has 4 heteroatoms. The van der Waals surface area contributed by atoms with Gasteiger partial charge in [0.1, 0.15) is 0 Å². The third kappa shape index (κ3) is 2.87. The van der Waals surface area contributed by atoms with Gasteiger partial charge in [-0.05, 0) is 37.0 Å². The fourth-order valence-electron chi connectivity index (χ4n) is 2.42. The second kappa shape index (κ2) is 5.59. The Hall–Kier alpha value is -0.580. The van der Waals surface area contributed by atoms with Gasteiger partial charge < -0.3 is 15.1 Å². The number of rotatable bonds is 2. The molecule has 1 aliphatic rings. The largest absolute Gasteiger partial charge is 0.393 e. The molecule has 0 aromatic heterocycles. The number of hydrogen-bond acceptors (Lipinski definition) is 3. The van der Waals surface area contributed by atoms with E-state index in [1.54, 1.807) is 6.92 Å². The van der Waals surface area contributed by atoms with Crippen molar-refractivity contribution in [3.63, 3.8) is 0 Å². The van der Waals surface area contributed by atoms with E-state index in [-0.39, 0.29) is 6.10 Å². The molecule has 0 bridgehead atoms. The average Bonchev–Trinajstić information content (AvgIpc) is 2.32. The summed E-state index contributed by atoms with van der Waals surface area (Å²) in [7, 11) is 0. The highest BCUT2D eigenvalue weighted by atomic mass is 79.9. The summed E-state index contributed by atoms with van der Waals surface area (Å²) in [5, 5.41) is 19.4. The van der Waals surface area contributed by atoms with Crippen LogP contribution >= 0.6 is 15.9 Å². The zero-order valence-corrected chi connectivity index (χ0v) is 12.4. The molecule has 1 fully saturated rings. The molecule has 1 heterocycles. The summed E-state index contributed by atoms with van der Waals surface area (Å²) in [6.45, 7) is 5.60. The lowest BCUT2D eigenvalue weighted by Gasteiger charge is -2.36. The highest BCUT2D eigenvalue weighted by molar-refractivity contribution is 9.10. The van der Waals surface area contributed by atoms with Crippen molar-refractivity contribution in [1.82, 2.24) is 0 Å². The van der Waals surface area contributed by atoms with Crippen molar-refractivity contribution >= 4 is 21.6 Å². The molecule has 1 aromatic carbocycles. The number of halogens is 1. The molecule has 2 rings (SSSR count). The van der Waals surface area contributed by atoms with Gasteiger partial charge in [0, 0.05) is 23.2 Å². The third-order valence-corrected chi connectivity index (χ3v) is 4.35. The van der Waals surface area contributed by atoms with Crippen molar-refractivity contribution in [1.29, 1.82) is 0 Å². The minimum atomic E-state index is -0.462. The minimum Gasteiger partial charge on any atom is -0.393 e. The lowest BCUT2D eigenvalue weighted by molar-refractivity contribution is 0.0971. The molecule has 0 amide bonds. The van der Waals surface area contributed by atoms with Crippen molar-refractivity contribution in [3.8, 4) is 0 Å². The Morgan fingerprint density at radius 1 is 1.44 bits per heavy atom. The lowest BCUT2D eigenvalue weighted by atomic mass is 9.96. The molecule has 0 radical (unpaired) electrons. The maximum absolute atomic E-state index is 9.74. The Bertz CT molecular complexity index is 422. The van der Waals surface area contributed by atoms with E-state index in [9.17, 15) is 10.2 Å². The second-order valence-electron chi connectivity index (χ2n) is 5.16. The monoisotopic (exact) mass is 313 g/mol. The van der Waals surface area contributed by atoms with E-state index < -0.39 is 6.10 Å². The Morgan fingerprint density at radius 3 is 2.72 bits per heavy atom. The highest BCUT2D eigenvalue weighted by Gasteiger charge is 2.24. The normalized spacial score (nSPS) is 26.2. The first-order valence-electron chi connectivity index (χ1n) is 6.39. The molecule has 1 saturated heterocycles. The summed E-state index contributed by atoms with van der Waals surface area (Å²) in [6.07, 6.45) is 0.175. The molecule has 0 spiro atoms. The van der Waals surface area contributed by atoms with Crippen LogP contribution in [0.1, 0.15) is 31.9 Å². The van der Waals surface area contributed by atoms with E-state index in [0.717, 1.165) is 35.2 Å². The zero-order valence-electron chi connectivity index (χ0n) is 10.8. The first-order chi connectivity index (χ1) is 8.49. The Labute approximate surface area is 117 Å². The fraction of sp³-hybridized carbons (Fsp3) is 0.571. The zero-order chi connectivity index (χ0) is 13.3. The van der Waals surface area contributed by atoms with E-state index >= 15 is 0 Å². The molecule has 2 N–H and O–H groups in total. The molecule has 3 unspecified atom stereocenters. The van der Waals surface area contributed by atoms with E-state index in [1.807, 2.05) is 18.2 Å². The summed E-state index contributed by atoms with van der Waals surface area (Å²) >= 11 is 3.51. The van der Waals surface area contributed by atoms with Gasteiger partial charge in [0.15, 0.2) is 0 Å². The van der Waals surface area contributed by atoms with E-state index in [0.29, 0.717) is 5.92 Å². The summed E-state index contributed by atoms with van der Waals surface area (Å²) in [4.78, 5) is 2.29. The van der Waals surface area contributed by atoms with Gasteiger partial charge in [0.25, 0.3) is 0 Å². The Balaban J connectivity index is 2.17. The number of aliphatic hydroxyl groups is 2. The van der Waals surface area contributed by atoms with Gasteiger partial charge in [-0.3, -0.25) is 0 Å². The number of benzene rings is 1. The molecule has 18 heavy (non-hydrogen) atoms. The van der Waals surface area contributed by atoms with Gasteiger partial charge in [0.05, 0.1) is 12.2 Å². The van der Waals surface area contributed by atoms with Crippen LogP contribution in [0.2, 0.25) is 0 Å². The quantitative estimate of drug-likeness (QED) is 0.882. The number of piperidine rings is 1. The summed E-state index contributed by atoms with van der Waals surface area (Å²) < 4.78 is 0.939. The molecule has 100 valence electrons. The molecule has 0 aliphatic carbocycles. The Morgan fingerprint density at radius 2 is 2.17 bits per heavy atom. The van der Waals surface area contributed by atoms with Crippen LogP contribution < -0.4 is 4.90 Å². The maximum atomic E-state index is 9.74. The van der Waals surface area contributed by atoms with Crippen LogP contribution in [-0.4, -0.2) is 29.4 Å². The summed E-state index contributed by atoms with van der Waals surface area (Å²) in [6, 6.07) is 6.05. The van der Waals surface area contributed by atoms with Crippen molar-refractivity contribution < 1.29 is 10.2 Å². The first-order valence-corrected chi connectivity index (χ1v) is 7.19. The molecule has 3 nitrogen and oxygen atoms in total. The average molecular weight is 314 g/mol. The summed E-state index contributed by atoms with van der Waals surface area (Å²) in [5.74, 6) is 0.300. The van der Waals surface area contributed by atoms with Gasteiger partial charge in [-0.2, -0.15) is 0 Å². The summed E-state index contributed by atoms with van der Waals surface area (Å²) in [5.41, 5.74) is 2.05. The fourth-order valence-corrected chi connectivity index (χ4v) is 3.12. The van der Waals surface area contributed by atoms with Gasteiger partial charge >= 0.3 is 0 Å². The lowest BCUT2D eigenvalue weighted by Crippen LogP contribution is -2.41. The number of anilines is 1. The predicted octanol–water partition coefficient (Wildman–Crippen LogP) is 2.71. The first kappa shape index (κ1) is 13.8. The molecule has 3 atom stereocenters. The van der Waals surface area contributed by atoms with Crippen molar-refractivity contribution in [2.45, 2.75) is 32.5 Å². The van der Waals surface area contributed by atoms with Gasteiger partial charge in [-0.15, -0.1) is 0 Å². The van der Waals surface area contributed by atoms with E-state index in [2.05, 4.69) is 27.8 Å². The Kier molecular flexibility index (Phi) is 4.30. The minimum absolute atomic E-state index is 0.179. The number of nitrogens with zero attached hydrogens (tertiary/aromatic N) is 1. The standard InChI is InChI=1S/C14H20BrNO2/c1-9-8-16(6-5-14(9)18)11-3-4-12(10(2)17)13(15)7-11/h3-4,7,9-10,14,17-18H,5-6,8H2,1-2H3. The molecule has 0 saturated carbocycles. The molecule has 1 aromatic rings. The van der Waals surface area contributed by atoms with E-state index in [1.165, 1.54) is 0 Å². The van der Waals surface area contributed by atoms with Crippen LogP contribution in [0.4, 0.5) is 5.69 Å². The van der Waals surface area contributed by atoms with Crippen molar-refractivity contribution in [2.24, 2.45) is 5.92 Å². The van der Waals surface area contributed by atoms with Gasteiger partial charge in [-0.25, -0.2) is 0 Å². The van der Waals surface area contributed by atoms with Gasteiger partial charge in [-0.1, -0.05) is 28.9 Å². The van der Waals surface area contributed by atoms with Crippen LogP contribution in [0.5, 0.6) is 0 Å². The molecule has 1 aliphatic heterocycles. The topological polar surface area (TPSA) is 43.7 Å². The van der Waals surface area contributed by atoms with E-state index in [4.69, 9.17) is 0 Å².